The van der Waals surface area contributed by atoms with Gasteiger partial charge in [0.2, 0.25) is 18.0 Å². The Hall–Kier alpha value is -2.00. The van der Waals surface area contributed by atoms with E-state index >= 15 is 0 Å². The molecule has 0 atom stereocenters. The average molecular weight is 313 g/mol. The fraction of sp³-hybridized carbons (Fsp3) is 0.278. The SMILES string of the molecule is Clc1cc2c(cc3c4ccccc4[n+](C4CCC4)c1-3)OCO2. The van der Waals surface area contributed by atoms with Crippen LogP contribution in [0.2, 0.25) is 5.02 Å². The summed E-state index contributed by atoms with van der Waals surface area (Å²) in [5, 5.41) is 1.95. The van der Waals surface area contributed by atoms with Crippen LogP contribution in [0.5, 0.6) is 11.5 Å². The highest BCUT2D eigenvalue weighted by Gasteiger charge is 2.37. The van der Waals surface area contributed by atoms with Crippen molar-refractivity contribution in [2.75, 3.05) is 6.79 Å². The number of halogens is 1. The van der Waals surface area contributed by atoms with Crippen molar-refractivity contribution in [2.45, 2.75) is 25.3 Å². The normalized spacial score (nSPS) is 17.1. The van der Waals surface area contributed by atoms with Crippen molar-refractivity contribution in [1.82, 2.24) is 0 Å². The van der Waals surface area contributed by atoms with E-state index in [0.29, 0.717) is 6.04 Å². The van der Waals surface area contributed by atoms with Gasteiger partial charge >= 0.3 is 0 Å². The van der Waals surface area contributed by atoms with Crippen LogP contribution in [0.4, 0.5) is 0 Å². The van der Waals surface area contributed by atoms with Crippen LogP contribution in [-0.2, 0) is 0 Å². The molecule has 1 aromatic carbocycles. The predicted octanol–water partition coefficient (Wildman–Crippen LogP) is 4.34. The molecule has 0 saturated heterocycles. The van der Waals surface area contributed by atoms with Crippen LogP contribution in [0.15, 0.2) is 36.4 Å². The van der Waals surface area contributed by atoms with Gasteiger partial charge in [-0.05, 0) is 18.6 Å². The molecular formula is C18H15ClNO2+. The Bertz CT molecular complexity index is 873. The van der Waals surface area contributed by atoms with Crippen molar-refractivity contribution in [1.29, 1.82) is 0 Å². The number of ether oxygens (including phenoxy) is 2. The first-order valence-electron chi connectivity index (χ1n) is 7.68. The maximum atomic E-state index is 6.67. The number of hydrogen-bond acceptors (Lipinski definition) is 2. The Morgan fingerprint density at radius 1 is 1.05 bits per heavy atom. The molecule has 1 fully saturated rings. The van der Waals surface area contributed by atoms with E-state index in [0.717, 1.165) is 27.8 Å². The summed E-state index contributed by atoms with van der Waals surface area (Å²) in [5.74, 6) is 1.50. The molecule has 5 rings (SSSR count). The summed E-state index contributed by atoms with van der Waals surface area (Å²) in [5.41, 5.74) is 3.48. The maximum Gasteiger partial charge on any atom is 0.233 e. The first-order chi connectivity index (χ1) is 10.8. The summed E-state index contributed by atoms with van der Waals surface area (Å²) < 4.78 is 13.5. The standard InChI is InChI=1S/C18H15ClNO2/c19-14-9-17-16(21-10-22-17)8-13-12-6-1-2-7-15(12)20(18(13)14)11-4-3-5-11/h1-2,6-9,11H,3-5,10H2/q+1. The van der Waals surface area contributed by atoms with E-state index in [1.54, 1.807) is 0 Å². The van der Waals surface area contributed by atoms with E-state index in [-0.39, 0.29) is 6.79 Å². The lowest BCUT2D eigenvalue weighted by molar-refractivity contribution is -0.696. The van der Waals surface area contributed by atoms with Gasteiger partial charge < -0.3 is 9.47 Å². The third kappa shape index (κ3) is 1.60. The second kappa shape index (κ2) is 4.50. The lowest BCUT2D eigenvalue weighted by Gasteiger charge is -2.20. The Kier molecular flexibility index (Phi) is 2.56. The quantitative estimate of drug-likeness (QED) is 0.624. The van der Waals surface area contributed by atoms with Crippen LogP contribution in [0.25, 0.3) is 22.2 Å². The predicted molar refractivity (Wildman–Crippen MR) is 84.8 cm³/mol. The monoisotopic (exact) mass is 312 g/mol. The third-order valence-corrected chi connectivity index (χ3v) is 5.11. The van der Waals surface area contributed by atoms with Gasteiger partial charge in [0.1, 0.15) is 5.02 Å². The van der Waals surface area contributed by atoms with Gasteiger partial charge in [-0.2, -0.15) is 4.57 Å². The largest absolute Gasteiger partial charge is 0.454 e. The van der Waals surface area contributed by atoms with Gasteiger partial charge in [0.25, 0.3) is 0 Å². The second-order valence-electron chi connectivity index (χ2n) is 6.01. The molecule has 2 aliphatic heterocycles. The second-order valence-corrected chi connectivity index (χ2v) is 6.41. The van der Waals surface area contributed by atoms with Crippen LogP contribution in [0, 0.1) is 0 Å². The minimum absolute atomic E-state index is 0.262. The van der Waals surface area contributed by atoms with E-state index in [2.05, 4.69) is 34.9 Å². The zero-order valence-corrected chi connectivity index (χ0v) is 12.8. The maximum absolute atomic E-state index is 6.67. The summed E-state index contributed by atoms with van der Waals surface area (Å²) >= 11 is 6.67. The fourth-order valence-electron chi connectivity index (χ4n) is 3.54. The summed E-state index contributed by atoms with van der Waals surface area (Å²) in [6.45, 7) is 0.262. The van der Waals surface area contributed by atoms with Gasteiger partial charge in [0.15, 0.2) is 17.5 Å². The van der Waals surface area contributed by atoms with E-state index in [9.17, 15) is 0 Å². The van der Waals surface area contributed by atoms with Crippen molar-refractivity contribution >= 4 is 22.5 Å². The summed E-state index contributed by atoms with van der Waals surface area (Å²) in [6, 6.07) is 13.0. The lowest BCUT2D eigenvalue weighted by atomic mass is 9.92. The Balaban J connectivity index is 1.93. The zero-order chi connectivity index (χ0) is 14.7. The Morgan fingerprint density at radius 2 is 1.82 bits per heavy atom. The number of fused-ring (bicyclic) bond motifs is 4. The molecule has 22 heavy (non-hydrogen) atoms. The van der Waals surface area contributed by atoms with E-state index < -0.39 is 0 Å². The van der Waals surface area contributed by atoms with Crippen molar-refractivity contribution in [3.05, 3.63) is 41.4 Å². The molecule has 110 valence electrons. The number of aromatic nitrogens is 1. The van der Waals surface area contributed by atoms with E-state index in [1.807, 2.05) is 6.07 Å². The van der Waals surface area contributed by atoms with Gasteiger partial charge in [-0.1, -0.05) is 23.7 Å². The van der Waals surface area contributed by atoms with Crippen molar-refractivity contribution in [2.24, 2.45) is 0 Å². The highest BCUT2D eigenvalue weighted by atomic mass is 35.5. The number of para-hydroxylation sites is 1. The Labute approximate surface area is 133 Å². The van der Waals surface area contributed by atoms with Gasteiger partial charge in [0.05, 0.1) is 10.9 Å². The molecule has 0 spiro atoms. The Morgan fingerprint density at radius 3 is 2.59 bits per heavy atom. The van der Waals surface area contributed by atoms with Crippen LogP contribution < -0.4 is 14.0 Å². The molecule has 4 heteroatoms. The molecule has 0 aromatic heterocycles. The summed E-state index contributed by atoms with van der Waals surface area (Å²) in [6.07, 6.45) is 3.73. The number of nitrogens with zero attached hydrogens (tertiary/aromatic N) is 1. The number of rotatable bonds is 1. The van der Waals surface area contributed by atoms with Crippen LogP contribution in [0.3, 0.4) is 0 Å². The molecule has 2 aliphatic carbocycles. The van der Waals surface area contributed by atoms with E-state index in [1.165, 1.54) is 30.2 Å². The van der Waals surface area contributed by atoms with Crippen LogP contribution >= 0.6 is 11.6 Å². The first kappa shape index (κ1) is 12.5. The summed E-state index contributed by atoms with van der Waals surface area (Å²) in [4.78, 5) is 0. The molecule has 4 aliphatic rings. The fourth-order valence-corrected chi connectivity index (χ4v) is 3.83. The van der Waals surface area contributed by atoms with Gasteiger partial charge in [-0.25, -0.2) is 0 Å². The molecule has 0 amide bonds. The minimum atomic E-state index is 0.262. The molecule has 3 nitrogen and oxygen atoms in total. The zero-order valence-electron chi connectivity index (χ0n) is 12.0. The molecule has 0 bridgehead atoms. The molecular weight excluding hydrogens is 298 g/mol. The smallest absolute Gasteiger partial charge is 0.233 e. The third-order valence-electron chi connectivity index (χ3n) is 4.82. The van der Waals surface area contributed by atoms with Gasteiger partial charge in [0, 0.05) is 25.0 Å². The molecule has 0 radical (unpaired) electrons. The minimum Gasteiger partial charge on any atom is -0.454 e. The molecule has 1 aromatic rings. The van der Waals surface area contributed by atoms with Crippen molar-refractivity contribution < 1.29 is 14.0 Å². The first-order valence-corrected chi connectivity index (χ1v) is 8.06. The molecule has 0 N–H and O–H groups in total. The molecule has 0 unspecified atom stereocenters. The van der Waals surface area contributed by atoms with Gasteiger partial charge in [-0.3, -0.25) is 0 Å². The van der Waals surface area contributed by atoms with Crippen molar-refractivity contribution in [3.63, 3.8) is 0 Å². The van der Waals surface area contributed by atoms with Crippen LogP contribution in [-0.4, -0.2) is 6.79 Å². The molecule has 2 heterocycles. The lowest BCUT2D eigenvalue weighted by Crippen LogP contribution is -2.43. The van der Waals surface area contributed by atoms with Crippen molar-refractivity contribution in [3.8, 4) is 22.8 Å². The highest BCUT2D eigenvalue weighted by molar-refractivity contribution is 6.33. The summed E-state index contributed by atoms with van der Waals surface area (Å²) in [7, 11) is 0. The topological polar surface area (TPSA) is 22.3 Å². The number of hydrogen-bond donors (Lipinski definition) is 0. The average Bonchev–Trinajstić information content (AvgIpc) is 2.99. The van der Waals surface area contributed by atoms with Crippen LogP contribution in [0.1, 0.15) is 25.3 Å². The van der Waals surface area contributed by atoms with E-state index in [4.69, 9.17) is 21.1 Å². The highest BCUT2D eigenvalue weighted by Crippen LogP contribution is 2.44. The number of benzene rings is 1. The molecule has 1 saturated carbocycles. The van der Waals surface area contributed by atoms with Gasteiger partial charge in [-0.15, -0.1) is 0 Å².